The average Bonchev–Trinajstić information content (AvgIpc) is 2.78. The van der Waals surface area contributed by atoms with Gasteiger partial charge in [0.25, 0.3) is 0 Å². The van der Waals surface area contributed by atoms with Crippen LogP contribution in [0.1, 0.15) is 31.2 Å². The second-order valence-corrected chi connectivity index (χ2v) is 7.28. The van der Waals surface area contributed by atoms with Crippen molar-refractivity contribution in [2.24, 2.45) is 0 Å². The van der Waals surface area contributed by atoms with Crippen LogP contribution in [0.2, 0.25) is 0 Å². The first-order valence-corrected chi connectivity index (χ1v) is 8.75. The summed E-state index contributed by atoms with van der Waals surface area (Å²) in [6.07, 6.45) is 3.98. The van der Waals surface area contributed by atoms with Gasteiger partial charge in [0.05, 0.1) is 4.90 Å². The van der Waals surface area contributed by atoms with Crippen LogP contribution >= 0.6 is 15.9 Å². The first-order valence-electron chi connectivity index (χ1n) is 6.14. The molecule has 0 spiro atoms. The molecule has 0 unspecified atom stereocenters. The molecule has 0 bridgehead atoms. The number of benzene rings is 1. The molecule has 18 heavy (non-hydrogen) atoms. The minimum atomic E-state index is -3.41. The zero-order valence-corrected chi connectivity index (χ0v) is 12.9. The SMILES string of the molecule is Cc1ccc(S(=O)(=O)NC2(CBr)CCCC2)cc1. The van der Waals surface area contributed by atoms with E-state index in [4.69, 9.17) is 0 Å². The maximum atomic E-state index is 12.3. The van der Waals surface area contributed by atoms with E-state index in [1.807, 2.05) is 19.1 Å². The van der Waals surface area contributed by atoms with E-state index in [2.05, 4.69) is 20.7 Å². The van der Waals surface area contributed by atoms with Crippen molar-refractivity contribution in [3.8, 4) is 0 Å². The Bertz CT molecular complexity index is 504. The number of sulfonamides is 1. The van der Waals surface area contributed by atoms with Gasteiger partial charge in [0.15, 0.2) is 0 Å². The molecular weight excluding hydrogens is 314 g/mol. The Morgan fingerprint density at radius 1 is 1.22 bits per heavy atom. The molecule has 1 fully saturated rings. The molecule has 0 aliphatic heterocycles. The molecule has 100 valence electrons. The molecule has 1 aliphatic carbocycles. The molecule has 5 heteroatoms. The number of alkyl halides is 1. The lowest BCUT2D eigenvalue weighted by Gasteiger charge is -2.27. The van der Waals surface area contributed by atoms with Crippen molar-refractivity contribution >= 4 is 26.0 Å². The summed E-state index contributed by atoms with van der Waals surface area (Å²) in [7, 11) is -3.41. The van der Waals surface area contributed by atoms with Crippen LogP contribution in [0.15, 0.2) is 29.2 Å². The van der Waals surface area contributed by atoms with E-state index in [0.29, 0.717) is 10.2 Å². The predicted molar refractivity (Wildman–Crippen MR) is 76.5 cm³/mol. The first-order chi connectivity index (χ1) is 8.47. The third-order valence-electron chi connectivity index (χ3n) is 3.50. The summed E-state index contributed by atoms with van der Waals surface area (Å²) in [6, 6.07) is 6.97. The van der Waals surface area contributed by atoms with Gasteiger partial charge in [0, 0.05) is 10.9 Å². The van der Waals surface area contributed by atoms with E-state index in [1.54, 1.807) is 12.1 Å². The van der Waals surface area contributed by atoms with E-state index >= 15 is 0 Å². The molecule has 0 aromatic heterocycles. The second kappa shape index (κ2) is 5.31. The van der Waals surface area contributed by atoms with Gasteiger partial charge in [-0.2, -0.15) is 0 Å². The fraction of sp³-hybridized carbons (Fsp3) is 0.538. The third kappa shape index (κ3) is 2.95. The molecule has 1 aromatic carbocycles. The largest absolute Gasteiger partial charge is 0.241 e. The van der Waals surface area contributed by atoms with Crippen LogP contribution in [0.25, 0.3) is 0 Å². The van der Waals surface area contributed by atoms with Crippen molar-refractivity contribution in [1.29, 1.82) is 0 Å². The van der Waals surface area contributed by atoms with Crippen LogP contribution in [0.4, 0.5) is 0 Å². The summed E-state index contributed by atoms with van der Waals surface area (Å²) in [5.41, 5.74) is 0.758. The van der Waals surface area contributed by atoms with Crippen molar-refractivity contribution in [1.82, 2.24) is 4.72 Å². The van der Waals surface area contributed by atoms with Crippen molar-refractivity contribution in [3.63, 3.8) is 0 Å². The molecule has 0 saturated heterocycles. The topological polar surface area (TPSA) is 46.2 Å². The maximum Gasteiger partial charge on any atom is 0.241 e. The molecule has 1 aliphatic rings. The first kappa shape index (κ1) is 14.0. The fourth-order valence-corrected chi connectivity index (χ4v) is 4.72. The molecule has 1 aromatic rings. The van der Waals surface area contributed by atoms with Gasteiger partial charge in [-0.1, -0.05) is 46.5 Å². The monoisotopic (exact) mass is 331 g/mol. The van der Waals surface area contributed by atoms with E-state index in [0.717, 1.165) is 31.2 Å². The molecule has 3 nitrogen and oxygen atoms in total. The molecule has 0 heterocycles. The lowest BCUT2D eigenvalue weighted by molar-refractivity contribution is 0.438. The van der Waals surface area contributed by atoms with Gasteiger partial charge in [-0.05, 0) is 31.9 Å². The zero-order chi connectivity index (χ0) is 13.2. The summed E-state index contributed by atoms with van der Waals surface area (Å²) >= 11 is 3.44. The summed E-state index contributed by atoms with van der Waals surface area (Å²) in [6.45, 7) is 1.95. The fourth-order valence-electron chi connectivity index (χ4n) is 2.38. The minimum absolute atomic E-state index is 0.302. The van der Waals surface area contributed by atoms with E-state index < -0.39 is 10.0 Å². The summed E-state index contributed by atoms with van der Waals surface area (Å²) in [4.78, 5) is 0.348. The average molecular weight is 332 g/mol. The van der Waals surface area contributed by atoms with Crippen LogP contribution in [-0.4, -0.2) is 19.3 Å². The Labute approximate surface area is 117 Å². The third-order valence-corrected chi connectivity index (χ3v) is 6.17. The van der Waals surface area contributed by atoms with E-state index in [-0.39, 0.29) is 5.54 Å². The Balaban J connectivity index is 2.24. The van der Waals surface area contributed by atoms with Crippen LogP contribution < -0.4 is 4.72 Å². The van der Waals surface area contributed by atoms with Gasteiger partial charge in [0.1, 0.15) is 0 Å². The van der Waals surface area contributed by atoms with Crippen molar-refractivity contribution in [2.45, 2.75) is 43.0 Å². The van der Waals surface area contributed by atoms with Crippen LogP contribution in [-0.2, 0) is 10.0 Å². The lowest BCUT2D eigenvalue weighted by atomic mass is 10.0. The molecule has 1 N–H and O–H groups in total. The molecular formula is C13H18BrNO2S. The smallest absolute Gasteiger partial charge is 0.207 e. The highest BCUT2D eigenvalue weighted by Gasteiger charge is 2.36. The molecule has 2 rings (SSSR count). The number of aryl methyl sites for hydroxylation is 1. The number of rotatable bonds is 4. The van der Waals surface area contributed by atoms with Gasteiger partial charge >= 0.3 is 0 Å². The van der Waals surface area contributed by atoms with E-state index in [1.165, 1.54) is 0 Å². The number of nitrogens with one attached hydrogen (secondary N) is 1. The Kier molecular flexibility index (Phi) is 4.14. The summed E-state index contributed by atoms with van der Waals surface area (Å²) in [5.74, 6) is 0. The van der Waals surface area contributed by atoms with Crippen molar-refractivity contribution in [3.05, 3.63) is 29.8 Å². The van der Waals surface area contributed by atoms with Gasteiger partial charge in [-0.3, -0.25) is 0 Å². The standard InChI is InChI=1S/C13H18BrNO2S/c1-11-4-6-12(7-5-11)18(16,17)15-13(10-14)8-2-3-9-13/h4-7,15H,2-3,8-10H2,1H3. The molecule has 0 amide bonds. The van der Waals surface area contributed by atoms with Crippen LogP contribution in [0.5, 0.6) is 0 Å². The van der Waals surface area contributed by atoms with Gasteiger partial charge in [0.2, 0.25) is 10.0 Å². The Morgan fingerprint density at radius 2 is 1.78 bits per heavy atom. The minimum Gasteiger partial charge on any atom is -0.207 e. The van der Waals surface area contributed by atoms with Crippen LogP contribution in [0, 0.1) is 6.92 Å². The number of hydrogen-bond donors (Lipinski definition) is 1. The zero-order valence-electron chi connectivity index (χ0n) is 10.4. The molecule has 0 radical (unpaired) electrons. The van der Waals surface area contributed by atoms with Gasteiger partial charge in [-0.15, -0.1) is 0 Å². The normalized spacial score (nSPS) is 19.0. The van der Waals surface area contributed by atoms with Crippen LogP contribution in [0.3, 0.4) is 0 Å². The lowest BCUT2D eigenvalue weighted by Crippen LogP contribution is -2.47. The van der Waals surface area contributed by atoms with E-state index in [9.17, 15) is 8.42 Å². The quantitative estimate of drug-likeness (QED) is 0.862. The maximum absolute atomic E-state index is 12.3. The second-order valence-electron chi connectivity index (χ2n) is 5.04. The highest BCUT2D eigenvalue weighted by Crippen LogP contribution is 2.32. The Hall–Kier alpha value is -0.390. The highest BCUT2D eigenvalue weighted by molar-refractivity contribution is 9.09. The number of halogens is 1. The van der Waals surface area contributed by atoms with Crippen molar-refractivity contribution in [2.75, 3.05) is 5.33 Å². The molecule has 0 atom stereocenters. The predicted octanol–water partition coefficient (Wildman–Crippen LogP) is 2.98. The number of hydrogen-bond acceptors (Lipinski definition) is 2. The summed E-state index contributed by atoms with van der Waals surface area (Å²) < 4.78 is 27.5. The molecule has 1 saturated carbocycles. The van der Waals surface area contributed by atoms with Crippen molar-refractivity contribution < 1.29 is 8.42 Å². The Morgan fingerprint density at radius 3 is 2.28 bits per heavy atom. The summed E-state index contributed by atoms with van der Waals surface area (Å²) in [5, 5.41) is 0.672. The van der Waals surface area contributed by atoms with Gasteiger partial charge < -0.3 is 0 Å². The highest BCUT2D eigenvalue weighted by atomic mass is 79.9. The van der Waals surface area contributed by atoms with Gasteiger partial charge in [-0.25, -0.2) is 13.1 Å².